The van der Waals surface area contributed by atoms with Crippen molar-refractivity contribution in [3.63, 3.8) is 0 Å². The van der Waals surface area contributed by atoms with Crippen LogP contribution in [0.25, 0.3) is 0 Å². The zero-order valence-electron chi connectivity index (χ0n) is 15.9. The fourth-order valence-corrected chi connectivity index (χ4v) is 4.26. The van der Waals surface area contributed by atoms with Crippen molar-refractivity contribution in [1.82, 2.24) is 0 Å². The zero-order valence-corrected chi connectivity index (χ0v) is 15.9. The minimum absolute atomic E-state index is 0.0609. The van der Waals surface area contributed by atoms with Crippen LogP contribution >= 0.6 is 0 Å². The van der Waals surface area contributed by atoms with Crippen LogP contribution in [0, 0.1) is 28.6 Å². The molecule has 0 N–H and O–H groups in total. The van der Waals surface area contributed by atoms with Gasteiger partial charge in [-0.1, -0.05) is 58.8 Å². The van der Waals surface area contributed by atoms with E-state index in [0.717, 1.165) is 18.8 Å². The van der Waals surface area contributed by atoms with Gasteiger partial charge in [0.05, 0.1) is 19.3 Å². The summed E-state index contributed by atoms with van der Waals surface area (Å²) in [5, 5.41) is 9.56. The van der Waals surface area contributed by atoms with E-state index in [1.165, 1.54) is 64.2 Å². The van der Waals surface area contributed by atoms with Crippen molar-refractivity contribution in [2.24, 2.45) is 17.3 Å². The Labute approximate surface area is 149 Å². The van der Waals surface area contributed by atoms with Gasteiger partial charge in [-0.25, -0.2) is 0 Å². The fourth-order valence-electron chi connectivity index (χ4n) is 4.26. The molecule has 24 heavy (non-hydrogen) atoms. The number of nitriles is 1. The molecule has 0 atom stereocenters. The molecule has 2 aliphatic rings. The Morgan fingerprint density at radius 1 is 0.917 bits per heavy atom. The van der Waals surface area contributed by atoms with E-state index in [4.69, 9.17) is 9.47 Å². The molecule has 0 aromatic heterocycles. The van der Waals surface area contributed by atoms with Gasteiger partial charge in [-0.15, -0.1) is 0 Å². The van der Waals surface area contributed by atoms with Crippen LogP contribution in [0.3, 0.4) is 0 Å². The third-order valence-corrected chi connectivity index (χ3v) is 6.04. The van der Waals surface area contributed by atoms with Crippen molar-refractivity contribution in [3.8, 4) is 6.07 Å². The van der Waals surface area contributed by atoms with Crippen molar-refractivity contribution in [2.45, 2.75) is 97.2 Å². The van der Waals surface area contributed by atoms with Crippen LogP contribution in [-0.4, -0.2) is 19.5 Å². The summed E-state index contributed by atoms with van der Waals surface area (Å²) in [6.45, 7) is 5.60. The van der Waals surface area contributed by atoms with Crippen LogP contribution in [0.5, 0.6) is 0 Å². The van der Waals surface area contributed by atoms with Gasteiger partial charge in [0.15, 0.2) is 6.29 Å². The topological polar surface area (TPSA) is 42.2 Å². The van der Waals surface area contributed by atoms with Gasteiger partial charge in [0, 0.05) is 5.92 Å². The lowest BCUT2D eigenvalue weighted by Crippen LogP contribution is -2.44. The van der Waals surface area contributed by atoms with E-state index in [2.05, 4.69) is 19.9 Å². The molecule has 138 valence electrons. The van der Waals surface area contributed by atoms with E-state index in [-0.39, 0.29) is 6.29 Å². The number of unbranched alkanes of at least 4 members (excludes halogenated alkanes) is 4. The number of ether oxygens (including phenoxy) is 2. The highest BCUT2D eigenvalue weighted by molar-refractivity contribution is 5.00. The van der Waals surface area contributed by atoms with Gasteiger partial charge < -0.3 is 9.47 Å². The first kappa shape index (κ1) is 19.7. The van der Waals surface area contributed by atoms with E-state index < -0.39 is 5.41 Å². The smallest absolute Gasteiger partial charge is 0.160 e. The molecule has 2 rings (SSSR count). The standard InChI is InChI=1S/C21H37NO2/c1-3-5-7-9-18-10-12-19(13-11-18)20-23-16-21(15-22,17-24-20)14-8-6-4-2/h18-20H,3-14,16-17H2,1-2H3. The normalized spacial score (nSPS) is 34.0. The van der Waals surface area contributed by atoms with Crippen LogP contribution in [0.15, 0.2) is 0 Å². The second-order valence-electron chi connectivity index (χ2n) is 8.12. The summed E-state index contributed by atoms with van der Waals surface area (Å²) in [5.41, 5.74) is -0.400. The number of hydrogen-bond donors (Lipinski definition) is 0. The quantitative estimate of drug-likeness (QED) is 0.497. The van der Waals surface area contributed by atoms with Gasteiger partial charge in [-0.3, -0.25) is 0 Å². The maximum Gasteiger partial charge on any atom is 0.160 e. The second kappa shape index (κ2) is 10.4. The summed E-state index contributed by atoms with van der Waals surface area (Å²) in [5.74, 6) is 1.46. The molecule has 0 bridgehead atoms. The summed E-state index contributed by atoms with van der Waals surface area (Å²) in [7, 11) is 0. The van der Waals surface area contributed by atoms with Crippen molar-refractivity contribution in [2.75, 3.05) is 13.2 Å². The van der Waals surface area contributed by atoms with Crippen molar-refractivity contribution >= 4 is 0 Å². The maximum atomic E-state index is 9.56. The van der Waals surface area contributed by atoms with Crippen molar-refractivity contribution in [3.05, 3.63) is 0 Å². The Balaban J connectivity index is 1.70. The number of nitrogens with zero attached hydrogens (tertiary/aromatic N) is 1. The van der Waals surface area contributed by atoms with E-state index in [0.29, 0.717) is 19.1 Å². The summed E-state index contributed by atoms with van der Waals surface area (Å²) < 4.78 is 12.1. The molecule has 3 heteroatoms. The minimum atomic E-state index is -0.400. The molecule has 0 spiro atoms. The Morgan fingerprint density at radius 3 is 2.12 bits per heavy atom. The molecule has 0 aromatic carbocycles. The lowest BCUT2D eigenvalue weighted by atomic mass is 9.78. The molecule has 1 aliphatic heterocycles. The van der Waals surface area contributed by atoms with E-state index in [1.54, 1.807) is 0 Å². The average Bonchev–Trinajstić information content (AvgIpc) is 2.63. The van der Waals surface area contributed by atoms with Crippen LogP contribution < -0.4 is 0 Å². The van der Waals surface area contributed by atoms with Gasteiger partial charge >= 0.3 is 0 Å². The summed E-state index contributed by atoms with van der Waals surface area (Å²) in [4.78, 5) is 0. The highest BCUT2D eigenvalue weighted by atomic mass is 16.7. The summed E-state index contributed by atoms with van der Waals surface area (Å²) in [6.07, 6.45) is 15.0. The van der Waals surface area contributed by atoms with Gasteiger partial charge in [-0.05, 0) is 38.0 Å². The first-order valence-corrected chi connectivity index (χ1v) is 10.4. The Kier molecular flexibility index (Phi) is 8.56. The van der Waals surface area contributed by atoms with Gasteiger partial charge in [0.1, 0.15) is 5.41 Å². The Bertz CT molecular complexity index is 374. The maximum absolute atomic E-state index is 9.56. The Morgan fingerprint density at radius 2 is 1.54 bits per heavy atom. The third kappa shape index (κ3) is 5.74. The average molecular weight is 336 g/mol. The summed E-state index contributed by atoms with van der Waals surface area (Å²) in [6, 6.07) is 2.49. The van der Waals surface area contributed by atoms with Gasteiger partial charge in [0.2, 0.25) is 0 Å². The molecule has 2 fully saturated rings. The first-order chi connectivity index (χ1) is 11.7. The SMILES string of the molecule is CCCCCC1CCC(C2OCC(C#N)(CCCCC)CO2)CC1. The molecule has 1 aliphatic carbocycles. The van der Waals surface area contributed by atoms with Crippen LogP contribution in [0.4, 0.5) is 0 Å². The predicted molar refractivity (Wildman–Crippen MR) is 97.5 cm³/mol. The lowest BCUT2D eigenvalue weighted by Gasteiger charge is -2.40. The third-order valence-electron chi connectivity index (χ3n) is 6.04. The monoisotopic (exact) mass is 335 g/mol. The second-order valence-corrected chi connectivity index (χ2v) is 8.12. The molecular weight excluding hydrogens is 298 g/mol. The number of rotatable bonds is 9. The Hall–Kier alpha value is -0.590. The predicted octanol–water partition coefficient (Wildman–Crippen LogP) is 5.84. The van der Waals surface area contributed by atoms with Crippen molar-refractivity contribution < 1.29 is 9.47 Å². The van der Waals surface area contributed by atoms with Gasteiger partial charge in [0.25, 0.3) is 0 Å². The largest absolute Gasteiger partial charge is 0.351 e. The van der Waals surface area contributed by atoms with Gasteiger partial charge in [-0.2, -0.15) is 5.26 Å². The lowest BCUT2D eigenvalue weighted by molar-refractivity contribution is -0.244. The van der Waals surface area contributed by atoms with Crippen LogP contribution in [0.1, 0.15) is 90.9 Å². The molecule has 0 radical (unpaired) electrons. The molecule has 1 saturated carbocycles. The minimum Gasteiger partial charge on any atom is -0.351 e. The van der Waals surface area contributed by atoms with Crippen LogP contribution in [0.2, 0.25) is 0 Å². The van der Waals surface area contributed by atoms with E-state index in [9.17, 15) is 5.26 Å². The molecule has 0 aromatic rings. The molecular formula is C21H37NO2. The highest BCUT2D eigenvalue weighted by Gasteiger charge is 2.40. The highest BCUT2D eigenvalue weighted by Crippen LogP contribution is 2.38. The molecule has 0 amide bonds. The van der Waals surface area contributed by atoms with E-state index in [1.807, 2.05) is 0 Å². The van der Waals surface area contributed by atoms with Crippen LogP contribution in [-0.2, 0) is 9.47 Å². The molecule has 3 nitrogen and oxygen atoms in total. The molecule has 1 saturated heterocycles. The zero-order chi connectivity index (χ0) is 17.3. The van der Waals surface area contributed by atoms with E-state index >= 15 is 0 Å². The summed E-state index contributed by atoms with van der Waals surface area (Å²) >= 11 is 0. The number of hydrogen-bond acceptors (Lipinski definition) is 3. The molecule has 1 heterocycles. The molecule has 0 unspecified atom stereocenters. The first-order valence-electron chi connectivity index (χ1n) is 10.4. The fraction of sp³-hybridized carbons (Fsp3) is 0.952. The van der Waals surface area contributed by atoms with Crippen molar-refractivity contribution in [1.29, 1.82) is 5.26 Å².